The third-order valence-electron chi connectivity index (χ3n) is 6.22. The lowest BCUT2D eigenvalue weighted by atomic mass is 9.80. The van der Waals surface area contributed by atoms with Crippen molar-refractivity contribution in [3.8, 4) is 0 Å². The topological polar surface area (TPSA) is 117 Å². The highest BCUT2D eigenvalue weighted by molar-refractivity contribution is 5.96. The molecule has 0 saturated heterocycles. The number of nitrogens with two attached hydrogens (primary N) is 1. The largest absolute Gasteiger partial charge is 0.361 e. The number of aromatic nitrogens is 1. The highest BCUT2D eigenvalue weighted by Gasteiger charge is 2.38. The molecule has 3 rings (SSSR count). The number of carbonyl (C=O) groups excluding carboxylic acids is 3. The number of benzene rings is 2. The van der Waals surface area contributed by atoms with E-state index in [1.54, 1.807) is 0 Å². The Bertz CT molecular complexity index is 1120. The summed E-state index contributed by atoms with van der Waals surface area (Å²) in [6.45, 7) is 3.74. The standard InChI is InChI=1S/C27H34N4O3/c1-17(2)24(26(33)21(28)15-19-16-30-22-12-8-7-11-20(19)22)25(27(34)29-3)31-23(32)14-13-18-9-5-4-6-10-18/h4-12,16-17,21,24-25,30H,13-15,28H2,1-3H3,(H,29,34)(H,31,32)/t21-,24?,25-/m0/s1. The van der Waals surface area contributed by atoms with Gasteiger partial charge in [-0.1, -0.05) is 62.4 Å². The van der Waals surface area contributed by atoms with E-state index in [0.717, 1.165) is 22.0 Å². The van der Waals surface area contributed by atoms with Gasteiger partial charge in [0.15, 0.2) is 5.78 Å². The Kier molecular flexibility index (Phi) is 8.60. The summed E-state index contributed by atoms with van der Waals surface area (Å²) in [4.78, 5) is 42.2. The molecule has 7 heteroatoms. The number of H-pyrrole nitrogens is 1. The van der Waals surface area contributed by atoms with E-state index < -0.39 is 23.9 Å². The minimum absolute atomic E-state index is 0.196. The van der Waals surface area contributed by atoms with Crippen LogP contribution in [0.4, 0.5) is 0 Å². The van der Waals surface area contributed by atoms with E-state index in [4.69, 9.17) is 5.73 Å². The van der Waals surface area contributed by atoms with E-state index in [2.05, 4.69) is 15.6 Å². The monoisotopic (exact) mass is 462 g/mol. The number of carbonyl (C=O) groups is 3. The Morgan fingerprint density at radius 2 is 1.68 bits per heavy atom. The maximum atomic E-state index is 13.5. The van der Waals surface area contributed by atoms with E-state index >= 15 is 0 Å². The number of para-hydroxylation sites is 1. The molecule has 1 unspecified atom stereocenters. The summed E-state index contributed by atoms with van der Waals surface area (Å²) in [5.41, 5.74) is 9.33. The first kappa shape index (κ1) is 25.2. The van der Waals surface area contributed by atoms with Gasteiger partial charge < -0.3 is 21.4 Å². The maximum absolute atomic E-state index is 13.5. The molecule has 0 bridgehead atoms. The number of fused-ring (bicyclic) bond motifs is 1. The first-order chi connectivity index (χ1) is 16.3. The van der Waals surface area contributed by atoms with E-state index in [1.165, 1.54) is 7.05 Å². The zero-order chi connectivity index (χ0) is 24.7. The van der Waals surface area contributed by atoms with Crippen LogP contribution in [0.15, 0.2) is 60.8 Å². The quantitative estimate of drug-likeness (QED) is 0.350. The zero-order valence-corrected chi connectivity index (χ0v) is 20.0. The highest BCUT2D eigenvalue weighted by Crippen LogP contribution is 2.23. The van der Waals surface area contributed by atoms with Gasteiger partial charge in [-0.2, -0.15) is 0 Å². The molecule has 0 fully saturated rings. The molecule has 0 aliphatic heterocycles. The molecule has 3 atom stereocenters. The maximum Gasteiger partial charge on any atom is 0.243 e. The van der Waals surface area contributed by atoms with Gasteiger partial charge in [-0.25, -0.2) is 0 Å². The van der Waals surface area contributed by atoms with Crippen molar-refractivity contribution < 1.29 is 14.4 Å². The molecule has 0 aliphatic carbocycles. The minimum Gasteiger partial charge on any atom is -0.361 e. The van der Waals surface area contributed by atoms with Gasteiger partial charge in [0.05, 0.1) is 12.0 Å². The fourth-order valence-electron chi connectivity index (χ4n) is 4.38. The fraction of sp³-hybridized carbons (Fsp3) is 0.370. The van der Waals surface area contributed by atoms with Crippen LogP contribution in [0.1, 0.15) is 31.4 Å². The Labute approximate surface area is 200 Å². The molecule has 1 heterocycles. The van der Waals surface area contributed by atoms with Crippen molar-refractivity contribution in [1.82, 2.24) is 15.6 Å². The molecule has 0 saturated carbocycles. The van der Waals surface area contributed by atoms with Gasteiger partial charge in [0, 0.05) is 30.6 Å². The van der Waals surface area contributed by atoms with Crippen LogP contribution in [0, 0.1) is 11.8 Å². The molecular weight excluding hydrogens is 428 g/mol. The third-order valence-corrected chi connectivity index (χ3v) is 6.22. The van der Waals surface area contributed by atoms with Crippen LogP contribution in [0.3, 0.4) is 0 Å². The van der Waals surface area contributed by atoms with Crippen molar-refractivity contribution >= 4 is 28.5 Å². The molecule has 180 valence electrons. The first-order valence-corrected chi connectivity index (χ1v) is 11.7. The van der Waals surface area contributed by atoms with Crippen molar-refractivity contribution in [2.75, 3.05) is 7.05 Å². The van der Waals surface area contributed by atoms with Gasteiger partial charge in [-0.05, 0) is 36.0 Å². The summed E-state index contributed by atoms with van der Waals surface area (Å²) in [5, 5.41) is 6.42. The minimum atomic E-state index is -0.991. The number of hydrogen-bond acceptors (Lipinski definition) is 4. The number of nitrogens with one attached hydrogen (secondary N) is 3. The molecule has 5 N–H and O–H groups in total. The molecule has 0 radical (unpaired) electrons. The number of likely N-dealkylation sites (N-methyl/N-ethyl adjacent to an activating group) is 1. The van der Waals surface area contributed by atoms with Gasteiger partial charge >= 0.3 is 0 Å². The van der Waals surface area contributed by atoms with Crippen molar-refractivity contribution in [2.45, 2.75) is 45.2 Å². The van der Waals surface area contributed by atoms with Crippen molar-refractivity contribution in [3.05, 3.63) is 71.9 Å². The number of aromatic amines is 1. The molecule has 0 aliphatic rings. The summed E-state index contributed by atoms with van der Waals surface area (Å²) in [6.07, 6.45) is 2.98. The Morgan fingerprint density at radius 1 is 1.00 bits per heavy atom. The van der Waals surface area contributed by atoms with E-state index in [9.17, 15) is 14.4 Å². The Hall–Kier alpha value is -3.45. The molecule has 34 heavy (non-hydrogen) atoms. The molecule has 2 amide bonds. The third kappa shape index (κ3) is 6.11. The number of rotatable bonds is 11. The highest BCUT2D eigenvalue weighted by atomic mass is 16.2. The summed E-state index contributed by atoms with van der Waals surface area (Å²) in [5.74, 6) is -1.86. The average molecular weight is 463 g/mol. The van der Waals surface area contributed by atoms with Gasteiger partial charge in [-0.15, -0.1) is 0 Å². The first-order valence-electron chi connectivity index (χ1n) is 11.7. The second-order valence-electron chi connectivity index (χ2n) is 8.99. The smallest absolute Gasteiger partial charge is 0.243 e. The second-order valence-corrected chi connectivity index (χ2v) is 8.99. The van der Waals surface area contributed by atoms with Crippen LogP contribution < -0.4 is 16.4 Å². The van der Waals surface area contributed by atoms with Crippen LogP contribution >= 0.6 is 0 Å². The number of Topliss-reactive ketones (excluding diaryl/α,β-unsaturated/α-hetero) is 1. The molecular formula is C27H34N4O3. The predicted molar refractivity (Wildman–Crippen MR) is 134 cm³/mol. The van der Waals surface area contributed by atoms with Crippen molar-refractivity contribution in [3.63, 3.8) is 0 Å². The van der Waals surface area contributed by atoms with Gasteiger partial charge in [-0.3, -0.25) is 14.4 Å². The lowest BCUT2D eigenvalue weighted by molar-refractivity contribution is -0.136. The average Bonchev–Trinajstić information content (AvgIpc) is 3.24. The fourth-order valence-corrected chi connectivity index (χ4v) is 4.38. The zero-order valence-electron chi connectivity index (χ0n) is 20.0. The van der Waals surface area contributed by atoms with Crippen LogP contribution in [-0.4, -0.2) is 41.7 Å². The number of aryl methyl sites for hydroxylation is 1. The molecule has 2 aromatic carbocycles. The second kappa shape index (κ2) is 11.6. The number of hydrogen-bond donors (Lipinski definition) is 4. The molecule has 0 spiro atoms. The summed E-state index contributed by atoms with van der Waals surface area (Å²) in [7, 11) is 1.50. The molecule has 1 aromatic heterocycles. The normalized spacial score (nSPS) is 13.9. The summed E-state index contributed by atoms with van der Waals surface area (Å²) < 4.78 is 0. The SMILES string of the molecule is CNC(=O)[C@@H](NC(=O)CCc1ccccc1)C(C(=O)[C@@H](N)Cc1c[nH]c2ccccc12)C(C)C. The summed E-state index contributed by atoms with van der Waals surface area (Å²) >= 11 is 0. The van der Waals surface area contributed by atoms with Crippen LogP contribution in [0.25, 0.3) is 10.9 Å². The van der Waals surface area contributed by atoms with Crippen molar-refractivity contribution in [1.29, 1.82) is 0 Å². The predicted octanol–water partition coefficient (Wildman–Crippen LogP) is 2.74. The van der Waals surface area contributed by atoms with E-state index in [0.29, 0.717) is 12.8 Å². The van der Waals surface area contributed by atoms with Gasteiger partial charge in [0.25, 0.3) is 0 Å². The van der Waals surface area contributed by atoms with Gasteiger partial charge in [0.1, 0.15) is 6.04 Å². The van der Waals surface area contributed by atoms with Crippen molar-refractivity contribution in [2.24, 2.45) is 17.6 Å². The Morgan fingerprint density at radius 3 is 2.35 bits per heavy atom. The van der Waals surface area contributed by atoms with Gasteiger partial charge in [0.2, 0.25) is 11.8 Å². The van der Waals surface area contributed by atoms with Crippen LogP contribution in [0.5, 0.6) is 0 Å². The lowest BCUT2D eigenvalue weighted by Gasteiger charge is -2.30. The number of amides is 2. The Balaban J connectivity index is 1.74. The van der Waals surface area contributed by atoms with E-state index in [-0.39, 0.29) is 24.0 Å². The molecule has 7 nitrogen and oxygen atoms in total. The number of ketones is 1. The van der Waals surface area contributed by atoms with E-state index in [1.807, 2.05) is 74.6 Å². The van der Waals surface area contributed by atoms with Crippen LogP contribution in [-0.2, 0) is 27.2 Å². The summed E-state index contributed by atoms with van der Waals surface area (Å²) in [6, 6.07) is 15.7. The van der Waals surface area contributed by atoms with Crippen LogP contribution in [0.2, 0.25) is 0 Å². The lowest BCUT2D eigenvalue weighted by Crippen LogP contribution is -2.56. The molecule has 3 aromatic rings.